The summed E-state index contributed by atoms with van der Waals surface area (Å²) in [6.45, 7) is 7.51. The van der Waals surface area contributed by atoms with Crippen molar-refractivity contribution in [2.45, 2.75) is 44.4 Å². The average Bonchev–Trinajstić information content (AvgIpc) is 2.61. The van der Waals surface area contributed by atoms with Crippen molar-refractivity contribution in [3.8, 4) is 5.75 Å². The number of carbonyl (C=O) groups excluding carboxylic acids is 1. The third-order valence-electron chi connectivity index (χ3n) is 4.53. The lowest BCUT2D eigenvalue weighted by atomic mass is 10.0. The number of hydrogen-bond acceptors (Lipinski definition) is 4. The van der Waals surface area contributed by atoms with Crippen LogP contribution in [0.2, 0.25) is 0 Å². The van der Waals surface area contributed by atoms with Crippen LogP contribution in [0.3, 0.4) is 0 Å². The van der Waals surface area contributed by atoms with Gasteiger partial charge in [0.1, 0.15) is 10.6 Å². The Balaban J connectivity index is 2.22. The Labute approximate surface area is 150 Å². The standard InChI is InChI=1S/C18H28N2O4S/c1-5-6-18(21)19-9-11-20(12-10-19)25(22,23)17-13-15(14(2)3)7-8-16(17)24-4/h7-8,13-14H,5-6,9-12H2,1-4H3. The van der Waals surface area contributed by atoms with Gasteiger partial charge in [-0.25, -0.2) is 8.42 Å². The minimum absolute atomic E-state index is 0.0962. The normalized spacial score (nSPS) is 16.3. The van der Waals surface area contributed by atoms with Gasteiger partial charge in [-0.15, -0.1) is 0 Å². The lowest BCUT2D eigenvalue weighted by molar-refractivity contribution is -0.132. The van der Waals surface area contributed by atoms with Crippen molar-refractivity contribution >= 4 is 15.9 Å². The van der Waals surface area contributed by atoms with E-state index in [1.54, 1.807) is 17.0 Å². The number of amides is 1. The quantitative estimate of drug-likeness (QED) is 0.773. The van der Waals surface area contributed by atoms with Gasteiger partial charge in [0.05, 0.1) is 7.11 Å². The van der Waals surface area contributed by atoms with E-state index in [4.69, 9.17) is 4.74 Å². The molecule has 1 aromatic rings. The smallest absolute Gasteiger partial charge is 0.246 e. The summed E-state index contributed by atoms with van der Waals surface area (Å²) in [5, 5.41) is 0. The summed E-state index contributed by atoms with van der Waals surface area (Å²) in [6, 6.07) is 5.31. The molecule has 0 atom stereocenters. The second-order valence-corrected chi connectivity index (χ2v) is 8.51. The van der Waals surface area contributed by atoms with Crippen LogP contribution in [0.4, 0.5) is 0 Å². The molecule has 25 heavy (non-hydrogen) atoms. The molecule has 2 rings (SSSR count). The van der Waals surface area contributed by atoms with E-state index in [1.807, 2.05) is 26.8 Å². The molecule has 0 N–H and O–H groups in total. The molecule has 0 saturated carbocycles. The molecule has 0 aliphatic carbocycles. The van der Waals surface area contributed by atoms with E-state index in [2.05, 4.69) is 0 Å². The molecule has 0 radical (unpaired) electrons. The first-order valence-corrected chi connectivity index (χ1v) is 10.2. The maximum absolute atomic E-state index is 13.1. The van der Waals surface area contributed by atoms with Crippen LogP contribution in [-0.2, 0) is 14.8 Å². The number of rotatable bonds is 6. The predicted molar refractivity (Wildman–Crippen MR) is 97.3 cm³/mol. The van der Waals surface area contributed by atoms with Crippen molar-refractivity contribution < 1.29 is 17.9 Å². The van der Waals surface area contributed by atoms with Crippen molar-refractivity contribution in [2.75, 3.05) is 33.3 Å². The van der Waals surface area contributed by atoms with E-state index < -0.39 is 10.0 Å². The second kappa shape index (κ2) is 8.19. The van der Waals surface area contributed by atoms with E-state index in [9.17, 15) is 13.2 Å². The first-order valence-electron chi connectivity index (χ1n) is 8.77. The summed E-state index contributed by atoms with van der Waals surface area (Å²) in [4.78, 5) is 13.9. The lowest BCUT2D eigenvalue weighted by Gasteiger charge is -2.34. The summed E-state index contributed by atoms with van der Waals surface area (Å²) in [5.41, 5.74) is 0.955. The summed E-state index contributed by atoms with van der Waals surface area (Å²) >= 11 is 0. The van der Waals surface area contributed by atoms with Gasteiger partial charge in [0.2, 0.25) is 15.9 Å². The van der Waals surface area contributed by atoms with Gasteiger partial charge in [0.15, 0.2) is 0 Å². The molecule has 6 nitrogen and oxygen atoms in total. The Bertz CT molecular complexity index is 708. The number of hydrogen-bond donors (Lipinski definition) is 0. The Morgan fingerprint density at radius 2 is 1.84 bits per heavy atom. The van der Waals surface area contributed by atoms with Gasteiger partial charge in [-0.1, -0.05) is 26.8 Å². The highest BCUT2D eigenvalue weighted by molar-refractivity contribution is 7.89. The highest BCUT2D eigenvalue weighted by atomic mass is 32.2. The van der Waals surface area contributed by atoms with E-state index in [0.717, 1.165) is 12.0 Å². The number of carbonyl (C=O) groups is 1. The zero-order valence-corrected chi connectivity index (χ0v) is 16.3. The van der Waals surface area contributed by atoms with E-state index in [0.29, 0.717) is 38.3 Å². The topological polar surface area (TPSA) is 66.9 Å². The number of benzene rings is 1. The Kier molecular flexibility index (Phi) is 6.46. The number of nitrogens with zero attached hydrogens (tertiary/aromatic N) is 2. The maximum atomic E-state index is 13.1. The van der Waals surface area contributed by atoms with Crippen LogP contribution in [0.1, 0.15) is 45.1 Å². The fraction of sp³-hybridized carbons (Fsp3) is 0.611. The molecule has 140 valence electrons. The summed E-state index contributed by atoms with van der Waals surface area (Å²) in [5.74, 6) is 0.677. The first-order chi connectivity index (χ1) is 11.8. The van der Waals surface area contributed by atoms with Crippen LogP contribution >= 0.6 is 0 Å². The zero-order valence-electron chi connectivity index (χ0n) is 15.5. The molecule has 1 aliphatic rings. The molecular weight excluding hydrogens is 340 g/mol. The van der Waals surface area contributed by atoms with Crippen LogP contribution in [0.25, 0.3) is 0 Å². The molecule has 0 aromatic heterocycles. The molecule has 1 saturated heterocycles. The third kappa shape index (κ3) is 4.33. The lowest BCUT2D eigenvalue weighted by Crippen LogP contribution is -2.50. The first kappa shape index (κ1) is 19.7. The highest BCUT2D eigenvalue weighted by Crippen LogP contribution is 2.30. The molecule has 1 fully saturated rings. The van der Waals surface area contributed by atoms with Crippen molar-refractivity contribution in [3.63, 3.8) is 0 Å². The number of ether oxygens (including phenoxy) is 1. The van der Waals surface area contributed by atoms with Gasteiger partial charge in [-0.2, -0.15) is 4.31 Å². The molecule has 1 aromatic carbocycles. The fourth-order valence-corrected chi connectivity index (χ4v) is 4.56. The van der Waals surface area contributed by atoms with Gasteiger partial charge in [-0.05, 0) is 30.0 Å². The fourth-order valence-electron chi connectivity index (χ4n) is 2.94. The highest BCUT2D eigenvalue weighted by Gasteiger charge is 2.32. The van der Waals surface area contributed by atoms with Gasteiger partial charge in [-0.3, -0.25) is 4.79 Å². The Hall–Kier alpha value is -1.60. The molecule has 1 aliphatic heterocycles. The Morgan fingerprint density at radius 3 is 2.36 bits per heavy atom. The van der Waals surface area contributed by atoms with E-state index >= 15 is 0 Å². The minimum atomic E-state index is -3.65. The van der Waals surface area contributed by atoms with Crippen molar-refractivity contribution in [1.82, 2.24) is 9.21 Å². The third-order valence-corrected chi connectivity index (χ3v) is 6.45. The monoisotopic (exact) mass is 368 g/mol. The average molecular weight is 368 g/mol. The summed E-state index contributed by atoms with van der Waals surface area (Å²) < 4.78 is 32.9. The van der Waals surface area contributed by atoms with Crippen LogP contribution in [0.5, 0.6) is 5.75 Å². The number of methoxy groups -OCH3 is 1. The van der Waals surface area contributed by atoms with Gasteiger partial charge >= 0.3 is 0 Å². The molecule has 0 bridgehead atoms. The molecule has 1 heterocycles. The van der Waals surface area contributed by atoms with Gasteiger partial charge < -0.3 is 9.64 Å². The van der Waals surface area contributed by atoms with Gasteiger partial charge in [0, 0.05) is 32.6 Å². The van der Waals surface area contributed by atoms with Crippen molar-refractivity contribution in [1.29, 1.82) is 0 Å². The molecule has 7 heteroatoms. The SMILES string of the molecule is CCCC(=O)N1CCN(S(=O)(=O)c2cc(C(C)C)ccc2OC)CC1. The van der Waals surface area contributed by atoms with E-state index in [1.165, 1.54) is 11.4 Å². The van der Waals surface area contributed by atoms with Gasteiger partial charge in [0.25, 0.3) is 0 Å². The van der Waals surface area contributed by atoms with Crippen LogP contribution < -0.4 is 4.74 Å². The Morgan fingerprint density at radius 1 is 1.20 bits per heavy atom. The zero-order chi connectivity index (χ0) is 18.6. The summed E-state index contributed by atoms with van der Waals surface area (Å²) in [7, 11) is -2.17. The minimum Gasteiger partial charge on any atom is -0.495 e. The molecule has 0 spiro atoms. The maximum Gasteiger partial charge on any atom is 0.246 e. The van der Waals surface area contributed by atoms with Crippen LogP contribution in [0, 0.1) is 0 Å². The van der Waals surface area contributed by atoms with Crippen LogP contribution in [0.15, 0.2) is 23.1 Å². The number of sulfonamides is 1. The van der Waals surface area contributed by atoms with Crippen molar-refractivity contribution in [2.24, 2.45) is 0 Å². The van der Waals surface area contributed by atoms with Crippen LogP contribution in [-0.4, -0.2) is 56.8 Å². The number of piperazine rings is 1. The largest absolute Gasteiger partial charge is 0.495 e. The van der Waals surface area contributed by atoms with Crippen molar-refractivity contribution in [3.05, 3.63) is 23.8 Å². The predicted octanol–water partition coefficient (Wildman–Crippen LogP) is 2.45. The summed E-state index contributed by atoms with van der Waals surface area (Å²) in [6.07, 6.45) is 1.31. The second-order valence-electron chi connectivity index (χ2n) is 6.60. The van der Waals surface area contributed by atoms with E-state index in [-0.39, 0.29) is 16.7 Å². The molecule has 1 amide bonds. The molecular formula is C18H28N2O4S. The molecule has 0 unspecified atom stereocenters.